The van der Waals surface area contributed by atoms with E-state index in [1.165, 1.54) is 12.0 Å². The van der Waals surface area contributed by atoms with Crippen LogP contribution >= 0.6 is 0 Å². The lowest BCUT2D eigenvalue weighted by atomic mass is 9.84. The van der Waals surface area contributed by atoms with Crippen LogP contribution in [0.25, 0.3) is 0 Å². The fraction of sp³-hybridized carbons (Fsp3) is 0.818. The molecule has 0 saturated carbocycles. The maximum atomic E-state index is 11.5. The highest BCUT2D eigenvalue weighted by Gasteiger charge is 2.48. The minimum Gasteiger partial charge on any atom is -0.479 e. The Labute approximate surface area is 96.4 Å². The predicted molar refractivity (Wildman–Crippen MR) is 60.1 cm³/mol. The maximum Gasteiger partial charge on any atom is 0.332 e. The molecule has 0 spiro atoms. The number of methoxy groups -OCH3 is 1. The molecule has 0 bridgehead atoms. The van der Waals surface area contributed by atoms with Crippen molar-refractivity contribution < 1.29 is 19.4 Å². The Morgan fingerprint density at radius 2 is 1.94 bits per heavy atom. The van der Waals surface area contributed by atoms with Crippen LogP contribution in [0.2, 0.25) is 0 Å². The van der Waals surface area contributed by atoms with Crippen molar-refractivity contribution in [2.24, 2.45) is 5.92 Å². The third-order valence-electron chi connectivity index (χ3n) is 2.82. The number of ether oxygens (including phenoxy) is 1. The SMILES string of the molecule is COCC(C(=O)O)(C(C)C)N(C=O)C(C)C. The number of carboxylic acid groups (broad SMARTS) is 1. The van der Waals surface area contributed by atoms with Crippen LogP contribution in [0.1, 0.15) is 27.7 Å². The Bertz CT molecular complexity index is 252. The Morgan fingerprint density at radius 1 is 1.44 bits per heavy atom. The van der Waals surface area contributed by atoms with E-state index in [9.17, 15) is 14.7 Å². The molecule has 5 nitrogen and oxygen atoms in total. The van der Waals surface area contributed by atoms with Crippen molar-refractivity contribution in [1.29, 1.82) is 0 Å². The maximum absolute atomic E-state index is 11.5. The van der Waals surface area contributed by atoms with Crippen LogP contribution in [0.5, 0.6) is 0 Å². The van der Waals surface area contributed by atoms with Crippen molar-refractivity contribution >= 4 is 12.4 Å². The van der Waals surface area contributed by atoms with Gasteiger partial charge in [-0.25, -0.2) is 4.79 Å². The monoisotopic (exact) mass is 231 g/mol. The molecule has 0 aromatic carbocycles. The normalized spacial score (nSPS) is 14.9. The van der Waals surface area contributed by atoms with Crippen molar-refractivity contribution in [3.63, 3.8) is 0 Å². The lowest BCUT2D eigenvalue weighted by molar-refractivity contribution is -0.166. The van der Waals surface area contributed by atoms with E-state index in [-0.39, 0.29) is 18.6 Å². The summed E-state index contributed by atoms with van der Waals surface area (Å²) in [5, 5.41) is 9.40. The zero-order chi connectivity index (χ0) is 12.9. The second-order valence-electron chi connectivity index (χ2n) is 4.42. The molecule has 94 valence electrons. The number of hydrogen-bond acceptors (Lipinski definition) is 3. The Balaban J connectivity index is 5.47. The van der Waals surface area contributed by atoms with Crippen LogP contribution in [0.15, 0.2) is 0 Å². The molecular weight excluding hydrogens is 210 g/mol. The van der Waals surface area contributed by atoms with E-state index in [2.05, 4.69) is 0 Å². The van der Waals surface area contributed by atoms with Crippen molar-refractivity contribution in [1.82, 2.24) is 4.90 Å². The molecule has 16 heavy (non-hydrogen) atoms. The van der Waals surface area contributed by atoms with Gasteiger partial charge in [0.1, 0.15) is 0 Å². The summed E-state index contributed by atoms with van der Waals surface area (Å²) >= 11 is 0. The molecule has 5 heteroatoms. The number of carbonyl (C=O) groups excluding carboxylic acids is 1. The highest BCUT2D eigenvalue weighted by Crippen LogP contribution is 2.27. The first-order chi connectivity index (χ1) is 7.34. The second kappa shape index (κ2) is 5.84. The summed E-state index contributed by atoms with van der Waals surface area (Å²) in [6, 6.07) is -0.189. The topological polar surface area (TPSA) is 66.8 Å². The smallest absolute Gasteiger partial charge is 0.332 e. The molecule has 1 amide bonds. The lowest BCUT2D eigenvalue weighted by Crippen LogP contribution is -2.62. The van der Waals surface area contributed by atoms with Crippen LogP contribution in [-0.4, -0.2) is 47.7 Å². The van der Waals surface area contributed by atoms with E-state index in [0.29, 0.717) is 6.41 Å². The molecule has 1 N–H and O–H groups in total. The van der Waals surface area contributed by atoms with E-state index < -0.39 is 11.5 Å². The molecule has 0 aliphatic carbocycles. The van der Waals surface area contributed by atoms with Crippen LogP contribution in [0.3, 0.4) is 0 Å². The van der Waals surface area contributed by atoms with Gasteiger partial charge in [-0.05, 0) is 19.8 Å². The van der Waals surface area contributed by atoms with Crippen molar-refractivity contribution in [3.8, 4) is 0 Å². The molecule has 1 unspecified atom stereocenters. The zero-order valence-electron chi connectivity index (χ0n) is 10.6. The summed E-state index contributed by atoms with van der Waals surface area (Å²) < 4.78 is 4.98. The Kier molecular flexibility index (Phi) is 5.44. The average Bonchev–Trinajstić information content (AvgIpc) is 2.15. The molecule has 0 rings (SSSR count). The molecule has 0 heterocycles. The quantitative estimate of drug-likeness (QED) is 0.663. The fourth-order valence-electron chi connectivity index (χ4n) is 1.86. The van der Waals surface area contributed by atoms with Gasteiger partial charge in [0.25, 0.3) is 0 Å². The first-order valence-electron chi connectivity index (χ1n) is 5.30. The number of hydrogen-bond donors (Lipinski definition) is 1. The van der Waals surface area contributed by atoms with E-state index in [1.54, 1.807) is 27.7 Å². The molecule has 1 atom stereocenters. The van der Waals surface area contributed by atoms with Crippen molar-refractivity contribution in [2.75, 3.05) is 13.7 Å². The van der Waals surface area contributed by atoms with Gasteiger partial charge in [0.05, 0.1) is 6.61 Å². The summed E-state index contributed by atoms with van der Waals surface area (Å²) in [6.45, 7) is 7.09. The molecule has 0 saturated heterocycles. The zero-order valence-corrected chi connectivity index (χ0v) is 10.6. The van der Waals surface area contributed by atoms with Gasteiger partial charge in [-0.1, -0.05) is 13.8 Å². The lowest BCUT2D eigenvalue weighted by Gasteiger charge is -2.43. The number of aliphatic carboxylic acids is 1. The van der Waals surface area contributed by atoms with E-state index in [1.807, 2.05) is 0 Å². The second-order valence-corrected chi connectivity index (χ2v) is 4.42. The highest BCUT2D eigenvalue weighted by molar-refractivity contribution is 5.82. The third kappa shape index (κ3) is 2.52. The van der Waals surface area contributed by atoms with Crippen LogP contribution < -0.4 is 0 Å². The van der Waals surface area contributed by atoms with Gasteiger partial charge in [-0.2, -0.15) is 0 Å². The van der Waals surface area contributed by atoms with Crippen molar-refractivity contribution in [2.45, 2.75) is 39.3 Å². The molecule has 0 aliphatic rings. The molecular formula is C11H21NO4. The summed E-state index contributed by atoms with van der Waals surface area (Å²) in [5.74, 6) is -1.28. The Hall–Kier alpha value is -1.10. The summed E-state index contributed by atoms with van der Waals surface area (Å²) in [6.07, 6.45) is 0.581. The third-order valence-corrected chi connectivity index (χ3v) is 2.82. The number of rotatable bonds is 7. The van der Waals surface area contributed by atoms with Gasteiger partial charge in [-0.15, -0.1) is 0 Å². The number of amides is 1. The van der Waals surface area contributed by atoms with Gasteiger partial charge in [0, 0.05) is 13.2 Å². The number of carboxylic acids is 1. The van der Waals surface area contributed by atoms with Gasteiger partial charge in [-0.3, -0.25) is 4.79 Å². The minimum atomic E-state index is -1.30. The molecule has 0 radical (unpaired) electrons. The predicted octanol–water partition coefficient (Wildman–Crippen LogP) is 0.979. The first-order valence-corrected chi connectivity index (χ1v) is 5.30. The van der Waals surface area contributed by atoms with Crippen LogP contribution in [0, 0.1) is 5.92 Å². The summed E-state index contributed by atoms with van der Waals surface area (Å²) in [7, 11) is 1.43. The average molecular weight is 231 g/mol. The molecule has 0 fully saturated rings. The van der Waals surface area contributed by atoms with Gasteiger partial charge >= 0.3 is 5.97 Å². The number of carbonyl (C=O) groups is 2. The van der Waals surface area contributed by atoms with Crippen molar-refractivity contribution in [3.05, 3.63) is 0 Å². The van der Waals surface area contributed by atoms with Gasteiger partial charge in [0.15, 0.2) is 5.54 Å². The standard InChI is InChI=1S/C11H21NO4/c1-8(2)11(6-16-5,10(14)15)12(7-13)9(3)4/h7-9H,6H2,1-5H3,(H,14,15). The highest BCUT2D eigenvalue weighted by atomic mass is 16.5. The first kappa shape index (κ1) is 14.9. The number of nitrogens with zero attached hydrogens (tertiary/aromatic N) is 1. The van der Waals surface area contributed by atoms with Crippen LogP contribution in [-0.2, 0) is 14.3 Å². The summed E-state index contributed by atoms with van der Waals surface area (Å²) in [5.41, 5.74) is -1.30. The molecule has 0 aromatic rings. The minimum absolute atomic E-state index is 0.0169. The van der Waals surface area contributed by atoms with Gasteiger partial charge < -0.3 is 14.7 Å². The van der Waals surface area contributed by atoms with E-state index in [0.717, 1.165) is 0 Å². The molecule has 0 aliphatic heterocycles. The van der Waals surface area contributed by atoms with E-state index in [4.69, 9.17) is 4.74 Å². The Morgan fingerprint density at radius 3 is 2.12 bits per heavy atom. The molecule has 0 aromatic heterocycles. The fourth-order valence-corrected chi connectivity index (χ4v) is 1.86. The summed E-state index contributed by atoms with van der Waals surface area (Å²) in [4.78, 5) is 23.9. The van der Waals surface area contributed by atoms with Gasteiger partial charge in [0.2, 0.25) is 6.41 Å². The van der Waals surface area contributed by atoms with E-state index >= 15 is 0 Å². The largest absolute Gasteiger partial charge is 0.479 e. The van der Waals surface area contributed by atoms with Crippen LogP contribution in [0.4, 0.5) is 0 Å².